The van der Waals surface area contributed by atoms with Crippen molar-refractivity contribution < 1.29 is 10.2 Å². The number of benzene rings is 1. The quantitative estimate of drug-likeness (QED) is 0.635. The molecule has 0 unspecified atom stereocenters. The molecule has 0 aromatic heterocycles. The lowest BCUT2D eigenvalue weighted by molar-refractivity contribution is 0.450. The van der Waals surface area contributed by atoms with Gasteiger partial charge in [0.25, 0.3) is 0 Å². The molecular formula is C9H8N4O2S2. The Bertz CT molecular complexity index is 530. The zero-order chi connectivity index (χ0) is 12.4. The first-order chi connectivity index (χ1) is 8.06. The van der Waals surface area contributed by atoms with Crippen LogP contribution >= 0.6 is 24.0 Å². The van der Waals surface area contributed by atoms with Crippen molar-refractivity contribution in [3.05, 3.63) is 18.2 Å². The third-order valence-corrected chi connectivity index (χ3v) is 2.87. The summed E-state index contributed by atoms with van der Waals surface area (Å²) in [6.45, 7) is 0. The maximum Gasteiger partial charge on any atom is 0.234 e. The molecule has 0 spiro atoms. The zero-order valence-electron chi connectivity index (χ0n) is 8.73. The van der Waals surface area contributed by atoms with E-state index in [9.17, 15) is 5.11 Å². The highest BCUT2D eigenvalue weighted by molar-refractivity contribution is 8.33. The summed E-state index contributed by atoms with van der Waals surface area (Å²) >= 11 is 6.00. The summed E-state index contributed by atoms with van der Waals surface area (Å²) in [5, 5.41) is 32.2. The van der Waals surface area contributed by atoms with E-state index in [4.69, 9.17) is 17.3 Å². The fourth-order valence-corrected chi connectivity index (χ4v) is 1.96. The van der Waals surface area contributed by atoms with Gasteiger partial charge in [0.1, 0.15) is 17.2 Å². The summed E-state index contributed by atoms with van der Waals surface area (Å²) in [7, 11) is 1.65. The van der Waals surface area contributed by atoms with Crippen LogP contribution in [-0.4, -0.2) is 26.7 Å². The van der Waals surface area contributed by atoms with Crippen molar-refractivity contribution in [1.82, 2.24) is 0 Å². The van der Waals surface area contributed by atoms with E-state index in [1.165, 1.54) is 28.9 Å². The van der Waals surface area contributed by atoms with Crippen LogP contribution in [0.5, 0.6) is 11.5 Å². The van der Waals surface area contributed by atoms with Gasteiger partial charge >= 0.3 is 0 Å². The molecule has 0 aliphatic carbocycles. The Kier molecular flexibility index (Phi) is 3.25. The second kappa shape index (κ2) is 4.68. The topological polar surface area (TPSA) is 80.8 Å². The number of azo groups is 1. The molecule has 8 heteroatoms. The fourth-order valence-electron chi connectivity index (χ4n) is 1.21. The lowest BCUT2D eigenvalue weighted by Gasteiger charge is -2.14. The number of hydrogen-bond acceptors (Lipinski definition) is 6. The average molecular weight is 268 g/mol. The number of rotatable bonds is 2. The fraction of sp³-hybridized carbons (Fsp3) is 0.111. The number of hydrazone groups is 1. The van der Waals surface area contributed by atoms with E-state index in [0.29, 0.717) is 15.2 Å². The molecule has 1 aromatic rings. The Labute approximate surface area is 107 Å². The summed E-state index contributed by atoms with van der Waals surface area (Å²) in [4.78, 5) is 0. The average Bonchev–Trinajstić information content (AvgIpc) is 2.63. The van der Waals surface area contributed by atoms with Crippen LogP contribution in [0.1, 0.15) is 0 Å². The molecule has 0 saturated carbocycles. The van der Waals surface area contributed by atoms with Gasteiger partial charge in [0.2, 0.25) is 5.17 Å². The van der Waals surface area contributed by atoms with Gasteiger partial charge < -0.3 is 10.2 Å². The van der Waals surface area contributed by atoms with Crippen molar-refractivity contribution in [1.29, 1.82) is 0 Å². The molecule has 0 amide bonds. The maximum atomic E-state index is 9.63. The highest BCUT2D eigenvalue weighted by Crippen LogP contribution is 2.30. The van der Waals surface area contributed by atoms with Crippen molar-refractivity contribution in [2.45, 2.75) is 0 Å². The van der Waals surface area contributed by atoms with Gasteiger partial charge in [-0.2, -0.15) is 0 Å². The number of aromatic hydroxyl groups is 2. The first kappa shape index (κ1) is 11.8. The minimum Gasteiger partial charge on any atom is -0.508 e. The molecular weight excluding hydrogens is 260 g/mol. The summed E-state index contributed by atoms with van der Waals surface area (Å²) in [6.07, 6.45) is 0. The Morgan fingerprint density at radius 3 is 2.71 bits per heavy atom. The molecule has 1 aliphatic rings. The zero-order valence-corrected chi connectivity index (χ0v) is 10.4. The van der Waals surface area contributed by atoms with Gasteiger partial charge in [0, 0.05) is 13.1 Å². The van der Waals surface area contributed by atoms with Crippen LogP contribution in [0.2, 0.25) is 0 Å². The van der Waals surface area contributed by atoms with E-state index < -0.39 is 0 Å². The van der Waals surface area contributed by atoms with Crippen molar-refractivity contribution >= 4 is 39.2 Å². The molecule has 17 heavy (non-hydrogen) atoms. The highest BCUT2D eigenvalue weighted by Gasteiger charge is 2.14. The van der Waals surface area contributed by atoms with Gasteiger partial charge in [0.15, 0.2) is 4.32 Å². The van der Waals surface area contributed by atoms with Crippen molar-refractivity contribution in [2.75, 3.05) is 12.1 Å². The molecule has 0 atom stereocenters. The lowest BCUT2D eigenvalue weighted by atomic mass is 10.3. The van der Waals surface area contributed by atoms with E-state index in [1.54, 1.807) is 13.1 Å². The summed E-state index contributed by atoms with van der Waals surface area (Å²) < 4.78 is 0.409. The van der Waals surface area contributed by atoms with Gasteiger partial charge in [-0.15, -0.1) is 15.3 Å². The monoisotopic (exact) mass is 268 g/mol. The normalized spacial score (nSPS) is 16.8. The Balaban J connectivity index is 2.23. The predicted molar refractivity (Wildman–Crippen MR) is 70.7 cm³/mol. The summed E-state index contributed by atoms with van der Waals surface area (Å²) in [5.74, 6) is -0.0808. The van der Waals surface area contributed by atoms with Gasteiger partial charge in [-0.1, -0.05) is 0 Å². The molecule has 0 bridgehead atoms. The molecule has 2 N–H and O–H groups in total. The molecule has 0 fully saturated rings. The molecule has 2 rings (SSSR count). The first-order valence-electron chi connectivity index (χ1n) is 4.54. The van der Waals surface area contributed by atoms with Gasteiger partial charge in [0.05, 0.1) is 0 Å². The predicted octanol–water partition coefficient (Wildman–Crippen LogP) is 2.29. The van der Waals surface area contributed by atoms with E-state index in [2.05, 4.69) is 15.3 Å². The molecule has 88 valence electrons. The van der Waals surface area contributed by atoms with Crippen molar-refractivity contribution in [2.24, 2.45) is 15.3 Å². The molecule has 1 aliphatic heterocycles. The third-order valence-electron chi connectivity index (χ3n) is 1.94. The number of amidine groups is 1. The Morgan fingerprint density at radius 2 is 2.12 bits per heavy atom. The molecule has 1 aromatic carbocycles. The van der Waals surface area contributed by atoms with E-state index >= 15 is 0 Å². The smallest absolute Gasteiger partial charge is 0.234 e. The van der Waals surface area contributed by atoms with Crippen LogP contribution in [-0.2, 0) is 0 Å². The SMILES string of the molecule is CN(/N=C1\N=NC(=S)S1)c1ccc(O)cc1O. The second-order valence-corrected chi connectivity index (χ2v) is 4.75. The summed E-state index contributed by atoms with van der Waals surface area (Å²) in [5.41, 5.74) is 0.448. The lowest BCUT2D eigenvalue weighted by Crippen LogP contribution is -2.10. The third kappa shape index (κ3) is 2.71. The second-order valence-electron chi connectivity index (χ2n) is 3.15. The number of phenols is 2. The van der Waals surface area contributed by atoms with Gasteiger partial charge in [-0.25, -0.2) is 0 Å². The Morgan fingerprint density at radius 1 is 1.35 bits per heavy atom. The number of nitrogens with zero attached hydrogens (tertiary/aromatic N) is 4. The number of thioether (sulfide) groups is 1. The van der Waals surface area contributed by atoms with E-state index in [1.807, 2.05) is 0 Å². The van der Waals surface area contributed by atoms with E-state index in [0.717, 1.165) is 0 Å². The molecule has 0 saturated heterocycles. The number of anilines is 1. The first-order valence-corrected chi connectivity index (χ1v) is 5.76. The number of thiocarbonyl (C=S) groups is 1. The number of phenolic OH excluding ortho intramolecular Hbond substituents is 2. The van der Waals surface area contributed by atoms with Crippen LogP contribution in [0.15, 0.2) is 33.5 Å². The van der Waals surface area contributed by atoms with Crippen LogP contribution < -0.4 is 5.01 Å². The van der Waals surface area contributed by atoms with Crippen LogP contribution in [0.3, 0.4) is 0 Å². The largest absolute Gasteiger partial charge is 0.508 e. The Hall–Kier alpha value is -1.67. The van der Waals surface area contributed by atoms with Crippen molar-refractivity contribution in [3.63, 3.8) is 0 Å². The summed E-state index contributed by atoms with van der Waals surface area (Å²) in [6, 6.07) is 4.24. The van der Waals surface area contributed by atoms with E-state index in [-0.39, 0.29) is 11.5 Å². The van der Waals surface area contributed by atoms with Crippen LogP contribution in [0.4, 0.5) is 5.69 Å². The highest BCUT2D eigenvalue weighted by atomic mass is 32.2. The van der Waals surface area contributed by atoms with Gasteiger partial charge in [-0.05, 0) is 36.1 Å². The van der Waals surface area contributed by atoms with Gasteiger partial charge in [-0.3, -0.25) is 5.01 Å². The van der Waals surface area contributed by atoms with Crippen molar-refractivity contribution in [3.8, 4) is 11.5 Å². The van der Waals surface area contributed by atoms with Crippen LogP contribution in [0.25, 0.3) is 0 Å². The minimum atomic E-state index is -0.0700. The molecule has 0 radical (unpaired) electrons. The standard InChI is InChI=1S/C9H8N4O2S2/c1-13(12-8-10-11-9(16)17-8)6-3-2-5(14)4-7(6)15/h2-4,14-15H,1H3/b12-8+. The maximum absolute atomic E-state index is 9.63. The van der Waals surface area contributed by atoms with Crippen LogP contribution in [0, 0.1) is 0 Å². The minimum absolute atomic E-state index is 0.0107. The molecule has 6 nitrogen and oxygen atoms in total. The molecule has 1 heterocycles. The number of hydrogen-bond donors (Lipinski definition) is 2.